The van der Waals surface area contributed by atoms with E-state index in [9.17, 15) is 5.11 Å². The first kappa shape index (κ1) is 20.0. The van der Waals surface area contributed by atoms with Crippen LogP contribution in [0.5, 0.6) is 0 Å². The van der Waals surface area contributed by atoms with Crippen molar-refractivity contribution < 1.29 is 5.11 Å². The van der Waals surface area contributed by atoms with Crippen LogP contribution in [0, 0.1) is 0 Å². The van der Waals surface area contributed by atoms with Crippen molar-refractivity contribution in [3.8, 4) is 0 Å². The van der Waals surface area contributed by atoms with E-state index in [0.717, 1.165) is 0 Å². The van der Waals surface area contributed by atoms with Gasteiger partial charge in [-0.2, -0.15) is 0 Å². The molecule has 0 aliphatic heterocycles. The molecule has 1 unspecified atom stereocenters. The van der Waals surface area contributed by atoms with Crippen LogP contribution in [0.4, 0.5) is 0 Å². The number of rotatable bonds is 11. The molecule has 0 aliphatic rings. The number of halogens is 1. The summed E-state index contributed by atoms with van der Waals surface area (Å²) in [5.41, 5.74) is 0. The summed E-state index contributed by atoms with van der Waals surface area (Å²) in [5.74, 6) is 0. The molecule has 0 radical (unpaired) electrons. The summed E-state index contributed by atoms with van der Waals surface area (Å²) >= 11 is 1.90. The second-order valence-corrected chi connectivity index (χ2v) is 26.1. The third kappa shape index (κ3) is 8.77. The van der Waals surface area contributed by atoms with E-state index in [2.05, 4.69) is 39.6 Å². The van der Waals surface area contributed by atoms with Gasteiger partial charge in [-0.1, -0.05) is 0 Å². The van der Waals surface area contributed by atoms with E-state index >= 15 is 0 Å². The SMILES string of the molecule is CCCC/[C](=C/C(C)O)[Sn]([Br])([CH2]CCC)[CH2]CCC. The first-order chi connectivity index (χ1) is 9.00. The van der Waals surface area contributed by atoms with E-state index in [1.807, 2.05) is 6.92 Å². The van der Waals surface area contributed by atoms with Crippen LogP contribution in [0.3, 0.4) is 0 Å². The zero-order valence-corrected chi connectivity index (χ0v) is 17.8. The standard InChI is InChI=1S/C8H15O.2C4H9.BrH.Sn/c1-3-4-5-6-7-8(2)9;2*1-3-4-2;;/h7-9H,3-5H2,1-2H3;2*1,3-4H2,2H3;1H;/q;;;;+1/p-1. The monoisotopic (exact) mass is 440 g/mol. The second-order valence-electron chi connectivity index (χ2n) is 5.71. The number of allylic oxidation sites excluding steroid dienone is 1. The predicted octanol–water partition coefficient (Wildman–Crippen LogP) is 5.96. The fourth-order valence-electron chi connectivity index (χ4n) is 2.48. The van der Waals surface area contributed by atoms with Crippen LogP contribution >= 0.6 is 12.7 Å². The van der Waals surface area contributed by atoms with Gasteiger partial charge < -0.3 is 0 Å². The Morgan fingerprint density at radius 1 is 1.05 bits per heavy atom. The first-order valence-corrected chi connectivity index (χ1v) is 19.9. The van der Waals surface area contributed by atoms with E-state index in [4.69, 9.17) is 0 Å². The third-order valence-corrected chi connectivity index (χ3v) is 23.4. The van der Waals surface area contributed by atoms with Crippen molar-refractivity contribution in [3.05, 3.63) is 9.67 Å². The third-order valence-electron chi connectivity index (χ3n) is 3.67. The molecule has 0 saturated heterocycles. The fraction of sp³-hybridized carbons (Fsp3) is 0.875. The number of aliphatic hydroxyl groups excluding tert-OH is 1. The maximum absolute atomic E-state index is 9.77. The molecule has 0 aromatic rings. The minimum absolute atomic E-state index is 0.288. The van der Waals surface area contributed by atoms with Crippen molar-refractivity contribution in [2.24, 2.45) is 0 Å². The van der Waals surface area contributed by atoms with Crippen molar-refractivity contribution in [1.82, 2.24) is 0 Å². The average molecular weight is 440 g/mol. The van der Waals surface area contributed by atoms with Gasteiger partial charge >= 0.3 is 131 Å². The summed E-state index contributed by atoms with van der Waals surface area (Å²) in [6.45, 7) is 8.71. The molecule has 0 aromatic heterocycles. The van der Waals surface area contributed by atoms with Crippen LogP contribution in [0.1, 0.15) is 72.6 Å². The molecular formula is C16H33BrOSn. The summed E-state index contributed by atoms with van der Waals surface area (Å²) in [6.07, 6.45) is 10.8. The molecule has 114 valence electrons. The average Bonchev–Trinajstić information content (AvgIpc) is 2.38. The molecule has 0 rings (SSSR count). The Balaban J connectivity index is 4.97. The summed E-state index contributed by atoms with van der Waals surface area (Å²) in [6, 6.07) is 0. The molecule has 0 amide bonds. The Kier molecular flexibility index (Phi) is 12.2. The molecular weight excluding hydrogens is 407 g/mol. The molecule has 1 N–H and O–H groups in total. The van der Waals surface area contributed by atoms with Crippen LogP contribution < -0.4 is 0 Å². The van der Waals surface area contributed by atoms with Gasteiger partial charge in [0.25, 0.3) is 0 Å². The van der Waals surface area contributed by atoms with Crippen LogP contribution in [-0.2, 0) is 0 Å². The zero-order chi connectivity index (χ0) is 14.7. The van der Waals surface area contributed by atoms with Crippen molar-refractivity contribution in [2.75, 3.05) is 0 Å². The molecule has 1 nitrogen and oxygen atoms in total. The topological polar surface area (TPSA) is 20.2 Å². The van der Waals surface area contributed by atoms with Crippen molar-refractivity contribution >= 4 is 28.9 Å². The number of aliphatic hydroxyl groups is 1. The maximum atomic E-state index is 9.77. The normalized spacial score (nSPS) is 14.7. The molecule has 0 bridgehead atoms. The van der Waals surface area contributed by atoms with Crippen molar-refractivity contribution in [3.63, 3.8) is 0 Å². The first-order valence-electron chi connectivity index (χ1n) is 8.08. The van der Waals surface area contributed by atoms with Gasteiger partial charge in [0.05, 0.1) is 0 Å². The second kappa shape index (κ2) is 11.6. The Morgan fingerprint density at radius 3 is 1.89 bits per heavy atom. The molecule has 0 aliphatic carbocycles. The molecule has 19 heavy (non-hydrogen) atoms. The molecule has 0 heterocycles. The van der Waals surface area contributed by atoms with Gasteiger partial charge in [0, 0.05) is 0 Å². The number of unbranched alkanes of at least 4 members (excludes halogenated alkanes) is 3. The van der Waals surface area contributed by atoms with E-state index in [1.165, 1.54) is 53.8 Å². The van der Waals surface area contributed by atoms with Crippen molar-refractivity contribution in [1.29, 1.82) is 0 Å². The summed E-state index contributed by atoms with van der Waals surface area (Å²) in [4.78, 5) is 0. The van der Waals surface area contributed by atoms with E-state index in [-0.39, 0.29) is 6.10 Å². The van der Waals surface area contributed by atoms with Crippen LogP contribution in [0.2, 0.25) is 8.87 Å². The quantitative estimate of drug-likeness (QED) is 0.393. The van der Waals surface area contributed by atoms with E-state index in [0.29, 0.717) is 0 Å². The number of hydrogen-bond donors (Lipinski definition) is 1. The van der Waals surface area contributed by atoms with Crippen LogP contribution in [0.25, 0.3) is 0 Å². The molecule has 1 atom stereocenters. The van der Waals surface area contributed by atoms with E-state index in [1.54, 1.807) is 3.59 Å². The number of hydrogen-bond acceptors (Lipinski definition) is 1. The molecule has 0 fully saturated rings. The molecule has 0 aromatic carbocycles. The molecule has 3 heteroatoms. The van der Waals surface area contributed by atoms with Gasteiger partial charge in [-0.05, 0) is 0 Å². The van der Waals surface area contributed by atoms with Crippen LogP contribution in [0.15, 0.2) is 9.67 Å². The van der Waals surface area contributed by atoms with E-state index < -0.39 is 16.2 Å². The van der Waals surface area contributed by atoms with Gasteiger partial charge in [-0.25, -0.2) is 0 Å². The Labute approximate surface area is 130 Å². The minimum atomic E-state index is -2.34. The molecule has 0 saturated carbocycles. The summed E-state index contributed by atoms with van der Waals surface area (Å²) in [7, 11) is 0. The summed E-state index contributed by atoms with van der Waals surface area (Å²) < 4.78 is 4.43. The van der Waals surface area contributed by atoms with Crippen LogP contribution in [-0.4, -0.2) is 27.4 Å². The van der Waals surface area contributed by atoms with Gasteiger partial charge in [0.2, 0.25) is 0 Å². The predicted molar refractivity (Wildman–Crippen MR) is 93.4 cm³/mol. The fourth-order valence-corrected chi connectivity index (χ4v) is 19.5. The molecule has 0 spiro atoms. The van der Waals surface area contributed by atoms with Gasteiger partial charge in [0.1, 0.15) is 0 Å². The Hall–Kier alpha value is 0.979. The Morgan fingerprint density at radius 2 is 1.53 bits per heavy atom. The van der Waals surface area contributed by atoms with Gasteiger partial charge in [0.15, 0.2) is 0 Å². The summed E-state index contributed by atoms with van der Waals surface area (Å²) in [5, 5.41) is 9.77. The zero-order valence-electron chi connectivity index (χ0n) is 13.3. The van der Waals surface area contributed by atoms with Gasteiger partial charge in [-0.3, -0.25) is 0 Å². The Bertz CT molecular complexity index is 243. The van der Waals surface area contributed by atoms with Gasteiger partial charge in [-0.15, -0.1) is 0 Å². The van der Waals surface area contributed by atoms with Crippen molar-refractivity contribution in [2.45, 2.75) is 87.6 Å².